The molecule has 1 fully saturated rings. The third-order valence-electron chi connectivity index (χ3n) is 2.93. The zero-order valence-electron chi connectivity index (χ0n) is 10.6. The van der Waals surface area contributed by atoms with E-state index in [0.717, 1.165) is 36.5 Å². The molecule has 1 aliphatic rings. The van der Waals surface area contributed by atoms with Gasteiger partial charge in [-0.3, -0.25) is 4.79 Å². The second-order valence-corrected chi connectivity index (χ2v) is 6.86. The first-order valence-corrected chi connectivity index (χ1v) is 6.81. The summed E-state index contributed by atoms with van der Waals surface area (Å²) in [5, 5.41) is 0. The van der Waals surface area contributed by atoms with Crippen molar-refractivity contribution in [1.82, 2.24) is 4.98 Å². The summed E-state index contributed by atoms with van der Waals surface area (Å²) in [6, 6.07) is 1.91. The highest BCUT2D eigenvalue weighted by molar-refractivity contribution is 8.00. The summed E-state index contributed by atoms with van der Waals surface area (Å²) < 4.78 is 0.274. The van der Waals surface area contributed by atoms with E-state index in [4.69, 9.17) is 0 Å². The van der Waals surface area contributed by atoms with Crippen LogP contribution in [0.25, 0.3) is 0 Å². The first kappa shape index (κ1) is 12.4. The Bertz CT molecular complexity index is 431. The number of aryl methyl sites for hydroxylation is 1. The van der Waals surface area contributed by atoms with E-state index in [9.17, 15) is 4.79 Å². The number of hydrogen-bond acceptors (Lipinski definition) is 4. The largest absolute Gasteiger partial charge is 0.354 e. The zero-order chi connectivity index (χ0) is 12.5. The second kappa shape index (κ2) is 4.69. The summed E-state index contributed by atoms with van der Waals surface area (Å²) in [7, 11) is 0. The van der Waals surface area contributed by atoms with E-state index in [1.807, 2.05) is 24.8 Å². The van der Waals surface area contributed by atoms with Gasteiger partial charge in [0.05, 0.1) is 0 Å². The van der Waals surface area contributed by atoms with Crippen molar-refractivity contribution < 1.29 is 4.79 Å². The minimum Gasteiger partial charge on any atom is -0.354 e. The molecule has 4 heteroatoms. The molecule has 0 N–H and O–H groups in total. The van der Waals surface area contributed by atoms with Gasteiger partial charge >= 0.3 is 0 Å². The van der Waals surface area contributed by atoms with Gasteiger partial charge in [0.2, 0.25) is 0 Å². The maximum Gasteiger partial charge on any atom is 0.151 e. The van der Waals surface area contributed by atoms with Crippen molar-refractivity contribution in [3.05, 3.63) is 23.4 Å². The molecule has 0 atom stereocenters. The van der Waals surface area contributed by atoms with E-state index >= 15 is 0 Å². The highest BCUT2D eigenvalue weighted by atomic mass is 32.2. The smallest absolute Gasteiger partial charge is 0.151 e. The lowest BCUT2D eigenvalue weighted by Gasteiger charge is -2.38. The third kappa shape index (κ3) is 2.80. The van der Waals surface area contributed by atoms with Crippen LogP contribution in [-0.2, 0) is 0 Å². The average Bonchev–Trinajstić information content (AvgIpc) is 2.27. The van der Waals surface area contributed by atoms with E-state index in [2.05, 4.69) is 23.7 Å². The lowest BCUT2D eigenvalue weighted by Crippen LogP contribution is -2.43. The van der Waals surface area contributed by atoms with Gasteiger partial charge in [0.15, 0.2) is 6.29 Å². The molecule has 92 valence electrons. The molecule has 1 aromatic heterocycles. The molecule has 0 spiro atoms. The molecule has 0 bridgehead atoms. The Morgan fingerprint density at radius 3 is 2.88 bits per heavy atom. The number of hydrogen-bond donors (Lipinski definition) is 0. The van der Waals surface area contributed by atoms with E-state index in [1.165, 1.54) is 0 Å². The number of nitrogens with zero attached hydrogens (tertiary/aromatic N) is 2. The molecule has 1 saturated heterocycles. The fourth-order valence-corrected chi connectivity index (χ4v) is 3.29. The van der Waals surface area contributed by atoms with Crippen LogP contribution in [0.15, 0.2) is 12.3 Å². The van der Waals surface area contributed by atoms with Crippen molar-refractivity contribution in [3.63, 3.8) is 0 Å². The molecule has 1 aliphatic heterocycles. The van der Waals surface area contributed by atoms with Gasteiger partial charge in [0, 0.05) is 35.3 Å². The van der Waals surface area contributed by atoms with Crippen molar-refractivity contribution >= 4 is 23.9 Å². The molecule has 0 amide bonds. The van der Waals surface area contributed by atoms with Crippen molar-refractivity contribution in [3.8, 4) is 0 Å². The second-order valence-electron chi connectivity index (χ2n) is 5.06. The number of carbonyl (C=O) groups excluding carboxylic acids is 1. The Kier molecular flexibility index (Phi) is 3.43. The van der Waals surface area contributed by atoms with Crippen molar-refractivity contribution in [2.75, 3.05) is 23.7 Å². The van der Waals surface area contributed by atoms with Gasteiger partial charge in [-0.05, 0) is 32.4 Å². The maximum atomic E-state index is 10.7. The Morgan fingerprint density at radius 1 is 1.53 bits per heavy atom. The van der Waals surface area contributed by atoms with Gasteiger partial charge in [-0.1, -0.05) is 0 Å². The van der Waals surface area contributed by atoms with Gasteiger partial charge in [-0.25, -0.2) is 4.98 Å². The van der Waals surface area contributed by atoms with Gasteiger partial charge in [-0.2, -0.15) is 11.8 Å². The Morgan fingerprint density at radius 2 is 2.29 bits per heavy atom. The highest BCUT2D eigenvalue weighted by Crippen LogP contribution is 2.32. The molecule has 0 unspecified atom stereocenters. The van der Waals surface area contributed by atoms with Crippen LogP contribution in [0.3, 0.4) is 0 Å². The van der Waals surface area contributed by atoms with Crippen molar-refractivity contribution in [1.29, 1.82) is 0 Å². The van der Waals surface area contributed by atoms with Gasteiger partial charge in [-0.15, -0.1) is 0 Å². The van der Waals surface area contributed by atoms with E-state index < -0.39 is 0 Å². The van der Waals surface area contributed by atoms with E-state index in [0.29, 0.717) is 5.56 Å². The van der Waals surface area contributed by atoms with Crippen LogP contribution >= 0.6 is 11.8 Å². The van der Waals surface area contributed by atoms with E-state index in [-0.39, 0.29) is 4.75 Å². The fourth-order valence-electron chi connectivity index (χ4n) is 2.18. The minimum absolute atomic E-state index is 0.274. The SMILES string of the molecule is Cc1cc(C=O)cnc1N1CCSC(C)(C)C1. The van der Waals surface area contributed by atoms with Gasteiger partial charge in [0.1, 0.15) is 5.82 Å². The lowest BCUT2D eigenvalue weighted by atomic mass is 10.1. The molecule has 2 rings (SSSR count). The average molecular weight is 250 g/mol. The number of pyridine rings is 1. The van der Waals surface area contributed by atoms with Gasteiger partial charge < -0.3 is 4.90 Å². The molecule has 0 radical (unpaired) electrons. The number of rotatable bonds is 2. The Labute approximate surface area is 107 Å². The summed E-state index contributed by atoms with van der Waals surface area (Å²) in [6.45, 7) is 8.58. The number of aromatic nitrogens is 1. The van der Waals surface area contributed by atoms with Crippen LogP contribution in [0, 0.1) is 6.92 Å². The quantitative estimate of drug-likeness (QED) is 0.755. The van der Waals surface area contributed by atoms with Crippen molar-refractivity contribution in [2.45, 2.75) is 25.5 Å². The maximum absolute atomic E-state index is 10.7. The predicted octanol–water partition coefficient (Wildman–Crippen LogP) is 2.53. The molecule has 3 nitrogen and oxygen atoms in total. The van der Waals surface area contributed by atoms with Crippen LogP contribution in [-0.4, -0.2) is 34.9 Å². The normalized spacial score (nSPS) is 19.1. The summed E-state index contributed by atoms with van der Waals surface area (Å²) in [4.78, 5) is 17.4. The first-order chi connectivity index (χ1) is 8.02. The number of aldehydes is 1. The van der Waals surface area contributed by atoms with Crippen LogP contribution in [0.1, 0.15) is 29.8 Å². The number of anilines is 1. The molecule has 0 aromatic carbocycles. The molecular formula is C13H18N2OS. The molecular weight excluding hydrogens is 232 g/mol. The Balaban J connectivity index is 2.25. The van der Waals surface area contributed by atoms with Crippen LogP contribution in [0.4, 0.5) is 5.82 Å². The number of carbonyl (C=O) groups is 1. The summed E-state index contributed by atoms with van der Waals surface area (Å²) >= 11 is 2.01. The molecule has 1 aromatic rings. The number of thioether (sulfide) groups is 1. The molecule has 0 saturated carbocycles. The third-order valence-corrected chi connectivity index (χ3v) is 4.23. The predicted molar refractivity (Wildman–Crippen MR) is 73.1 cm³/mol. The summed E-state index contributed by atoms with van der Waals surface area (Å²) in [6.07, 6.45) is 2.50. The Hall–Kier alpha value is -1.03. The summed E-state index contributed by atoms with van der Waals surface area (Å²) in [5.41, 5.74) is 1.73. The van der Waals surface area contributed by atoms with Gasteiger partial charge in [0.25, 0.3) is 0 Å². The van der Waals surface area contributed by atoms with E-state index in [1.54, 1.807) is 6.20 Å². The molecule has 2 heterocycles. The van der Waals surface area contributed by atoms with Crippen LogP contribution in [0.5, 0.6) is 0 Å². The topological polar surface area (TPSA) is 33.2 Å². The van der Waals surface area contributed by atoms with Crippen molar-refractivity contribution in [2.24, 2.45) is 0 Å². The fraction of sp³-hybridized carbons (Fsp3) is 0.538. The molecule has 17 heavy (non-hydrogen) atoms. The summed E-state index contributed by atoms with van der Waals surface area (Å²) in [5.74, 6) is 2.15. The highest BCUT2D eigenvalue weighted by Gasteiger charge is 2.28. The standard InChI is InChI=1S/C13H18N2OS/c1-10-6-11(8-16)7-14-12(10)15-4-5-17-13(2,3)9-15/h6-8H,4-5,9H2,1-3H3. The first-order valence-electron chi connectivity index (χ1n) is 5.82. The zero-order valence-corrected chi connectivity index (χ0v) is 11.4. The molecule has 0 aliphatic carbocycles. The monoisotopic (exact) mass is 250 g/mol. The lowest BCUT2D eigenvalue weighted by molar-refractivity contribution is 0.112. The van der Waals surface area contributed by atoms with Crippen LogP contribution < -0.4 is 4.90 Å². The minimum atomic E-state index is 0.274. The van der Waals surface area contributed by atoms with Crippen LogP contribution in [0.2, 0.25) is 0 Å².